The first kappa shape index (κ1) is 40.1. The molecule has 0 aliphatic rings. The van der Waals surface area contributed by atoms with Gasteiger partial charge in [0.25, 0.3) is 0 Å². The van der Waals surface area contributed by atoms with E-state index in [1.165, 1.54) is 0 Å². The molecule has 3 amide bonds. The number of carbonyl (C=O) groups excluding carboxylic acids is 3. The molecule has 0 spiro atoms. The van der Waals surface area contributed by atoms with Crippen LogP contribution >= 0.6 is 12.4 Å². The monoisotopic (exact) mass is 648 g/mol. The maximum Gasteiger partial charge on any atom is 0.242 e. The maximum absolute atomic E-state index is 13.6. The van der Waals surface area contributed by atoms with Gasteiger partial charge in [-0.15, -0.1) is 12.4 Å². The van der Waals surface area contributed by atoms with Gasteiger partial charge in [0.15, 0.2) is 0 Å². The van der Waals surface area contributed by atoms with Crippen molar-refractivity contribution in [2.75, 3.05) is 18.5 Å². The van der Waals surface area contributed by atoms with Crippen molar-refractivity contribution < 1.29 is 24.6 Å². The van der Waals surface area contributed by atoms with Gasteiger partial charge in [0.05, 0.1) is 12.1 Å². The Hall–Kier alpha value is -2.88. The number of anilines is 1. The minimum Gasteiger partial charge on any atom is -0.396 e. The molecule has 2 aromatic rings. The van der Waals surface area contributed by atoms with Crippen LogP contribution in [0.1, 0.15) is 86.5 Å². The van der Waals surface area contributed by atoms with Gasteiger partial charge in [-0.05, 0) is 62.3 Å². The average molecular weight is 649 g/mol. The third-order valence-corrected chi connectivity index (χ3v) is 7.84. The maximum atomic E-state index is 13.6. The fourth-order valence-corrected chi connectivity index (χ4v) is 5.33. The summed E-state index contributed by atoms with van der Waals surface area (Å²) < 4.78 is 0. The van der Waals surface area contributed by atoms with Crippen molar-refractivity contribution >= 4 is 46.6 Å². The number of carbonyl (C=O) groups is 3. The molecule has 5 atom stereocenters. The highest BCUT2D eigenvalue weighted by molar-refractivity contribution is 5.96. The predicted molar refractivity (Wildman–Crippen MR) is 185 cm³/mol. The Morgan fingerprint density at radius 3 is 2.13 bits per heavy atom. The summed E-state index contributed by atoms with van der Waals surface area (Å²) in [4.78, 5) is 39.9. The van der Waals surface area contributed by atoms with E-state index in [1.807, 2.05) is 77.1 Å². The van der Waals surface area contributed by atoms with Crippen LogP contribution in [0.5, 0.6) is 0 Å². The number of aliphatic hydroxyl groups is 2. The van der Waals surface area contributed by atoms with Gasteiger partial charge in [-0.2, -0.15) is 0 Å². The summed E-state index contributed by atoms with van der Waals surface area (Å²) in [5, 5.41) is 35.0. The standard InChI is InChI=1S/C35H56N4O5.ClH/c1-7-8-17-30(38-33(42)25(6)37-29-18-11-14-26-13-9-10-16-28(26)29)35(44)39-31(20-23(2)3)32(41)21-27(15-12-19-40)34(43)36-22-24(4)5;/h9-11,13-14,16,18,23-25,27,30-32,37,40-41H,7-8,12,15,17,19-22H2,1-6H3,(H,36,43)(H,38,42)(H,39,44);1H/t25?,27?,30-,31-,32-;/m0./s1. The van der Waals surface area contributed by atoms with E-state index in [4.69, 9.17) is 0 Å². The van der Waals surface area contributed by atoms with E-state index in [0.717, 1.165) is 29.3 Å². The molecule has 0 heterocycles. The molecule has 2 rings (SSSR count). The zero-order valence-electron chi connectivity index (χ0n) is 28.0. The number of amides is 3. The number of aliphatic hydroxyl groups excluding tert-OH is 2. The van der Waals surface area contributed by atoms with Gasteiger partial charge in [-0.1, -0.05) is 83.9 Å². The molecule has 0 aromatic heterocycles. The summed E-state index contributed by atoms with van der Waals surface area (Å²) in [6.45, 7) is 12.4. The molecule has 9 nitrogen and oxygen atoms in total. The van der Waals surface area contributed by atoms with Crippen LogP contribution in [0.4, 0.5) is 5.69 Å². The van der Waals surface area contributed by atoms with E-state index < -0.39 is 30.1 Å². The molecule has 0 radical (unpaired) electrons. The third kappa shape index (κ3) is 14.0. The van der Waals surface area contributed by atoms with Gasteiger partial charge < -0.3 is 31.5 Å². The lowest BCUT2D eigenvalue weighted by Gasteiger charge is -2.30. The number of hydrogen-bond donors (Lipinski definition) is 6. The van der Waals surface area contributed by atoms with E-state index >= 15 is 0 Å². The normalized spacial score (nSPS) is 14.6. The first-order valence-electron chi connectivity index (χ1n) is 16.4. The highest BCUT2D eigenvalue weighted by atomic mass is 35.5. The van der Waals surface area contributed by atoms with Crippen molar-refractivity contribution in [1.82, 2.24) is 16.0 Å². The van der Waals surface area contributed by atoms with Crippen molar-refractivity contribution in [3.8, 4) is 0 Å². The molecule has 0 saturated heterocycles. The van der Waals surface area contributed by atoms with Gasteiger partial charge in [0.2, 0.25) is 17.7 Å². The van der Waals surface area contributed by atoms with Gasteiger partial charge in [-0.3, -0.25) is 14.4 Å². The van der Waals surface area contributed by atoms with Crippen LogP contribution in [0.3, 0.4) is 0 Å². The highest BCUT2D eigenvalue weighted by Crippen LogP contribution is 2.24. The van der Waals surface area contributed by atoms with Crippen LogP contribution in [0.25, 0.3) is 10.8 Å². The van der Waals surface area contributed by atoms with E-state index in [9.17, 15) is 24.6 Å². The smallest absolute Gasteiger partial charge is 0.242 e. The number of nitrogens with one attached hydrogen (secondary N) is 4. The fraction of sp³-hybridized carbons (Fsp3) is 0.629. The lowest BCUT2D eigenvalue weighted by Crippen LogP contribution is -2.55. The second-order valence-corrected chi connectivity index (χ2v) is 12.8. The average Bonchev–Trinajstić information content (AvgIpc) is 2.99. The summed E-state index contributed by atoms with van der Waals surface area (Å²) in [5.41, 5.74) is 0.841. The molecule has 0 fully saturated rings. The van der Waals surface area contributed by atoms with Crippen LogP contribution < -0.4 is 21.3 Å². The van der Waals surface area contributed by atoms with E-state index in [0.29, 0.717) is 32.2 Å². The SMILES string of the molecule is CCCC[C@H](NC(=O)C(C)Nc1cccc2ccccc12)C(=O)N[C@@H](CC(C)C)[C@@H](O)CC(CCCO)C(=O)NCC(C)C.Cl. The second-order valence-electron chi connectivity index (χ2n) is 12.8. The molecule has 0 aliphatic carbocycles. The van der Waals surface area contributed by atoms with Crippen molar-refractivity contribution in [1.29, 1.82) is 0 Å². The third-order valence-electron chi connectivity index (χ3n) is 7.84. The van der Waals surface area contributed by atoms with E-state index in [2.05, 4.69) is 21.3 Å². The topological polar surface area (TPSA) is 140 Å². The zero-order chi connectivity index (χ0) is 32.6. The zero-order valence-corrected chi connectivity index (χ0v) is 28.8. The van der Waals surface area contributed by atoms with E-state index in [1.54, 1.807) is 6.92 Å². The van der Waals surface area contributed by atoms with Crippen molar-refractivity contribution in [3.05, 3.63) is 42.5 Å². The largest absolute Gasteiger partial charge is 0.396 e. The fourth-order valence-electron chi connectivity index (χ4n) is 5.33. The van der Waals surface area contributed by atoms with Crippen molar-refractivity contribution in [2.45, 2.75) is 111 Å². The molecule has 45 heavy (non-hydrogen) atoms. The quantitative estimate of drug-likeness (QED) is 0.117. The second kappa shape index (κ2) is 21.0. The number of halogens is 1. The Morgan fingerprint density at radius 1 is 0.800 bits per heavy atom. The lowest BCUT2D eigenvalue weighted by atomic mass is 9.89. The van der Waals surface area contributed by atoms with Gasteiger partial charge in [-0.25, -0.2) is 0 Å². The predicted octanol–water partition coefficient (Wildman–Crippen LogP) is 5.18. The number of fused-ring (bicyclic) bond motifs is 1. The highest BCUT2D eigenvalue weighted by Gasteiger charge is 2.31. The Kier molecular flexibility index (Phi) is 18.7. The Balaban J connectivity index is 0.0000101. The van der Waals surface area contributed by atoms with Gasteiger partial charge in [0, 0.05) is 30.1 Å². The first-order chi connectivity index (χ1) is 21.0. The van der Waals surface area contributed by atoms with Crippen molar-refractivity contribution in [3.63, 3.8) is 0 Å². The molecule has 0 saturated carbocycles. The minimum atomic E-state index is -0.968. The lowest BCUT2D eigenvalue weighted by molar-refractivity contribution is -0.130. The molecule has 10 heteroatoms. The molecular weight excluding hydrogens is 592 g/mol. The number of hydrogen-bond acceptors (Lipinski definition) is 6. The first-order valence-corrected chi connectivity index (χ1v) is 16.4. The molecule has 0 aliphatic heterocycles. The molecule has 2 unspecified atom stereocenters. The van der Waals surface area contributed by atoms with Crippen LogP contribution in [0.2, 0.25) is 0 Å². The molecule has 254 valence electrons. The summed E-state index contributed by atoms with van der Waals surface area (Å²) in [6.07, 6.45) is 2.68. The summed E-state index contributed by atoms with van der Waals surface area (Å²) >= 11 is 0. The summed E-state index contributed by atoms with van der Waals surface area (Å²) in [6, 6.07) is 11.9. The molecule has 2 aromatic carbocycles. The van der Waals surface area contributed by atoms with Gasteiger partial charge in [0.1, 0.15) is 12.1 Å². The minimum absolute atomic E-state index is 0. The summed E-state index contributed by atoms with van der Waals surface area (Å²) in [7, 11) is 0. The van der Waals surface area contributed by atoms with Crippen LogP contribution in [0.15, 0.2) is 42.5 Å². The van der Waals surface area contributed by atoms with Crippen LogP contribution in [-0.4, -0.2) is 65.3 Å². The number of benzene rings is 2. The van der Waals surface area contributed by atoms with Gasteiger partial charge >= 0.3 is 0 Å². The van der Waals surface area contributed by atoms with Crippen molar-refractivity contribution in [2.24, 2.45) is 17.8 Å². The molecular formula is C35H57ClN4O5. The van der Waals surface area contributed by atoms with E-state index in [-0.39, 0.29) is 55.0 Å². The molecule has 6 N–H and O–H groups in total. The van der Waals surface area contributed by atoms with Crippen LogP contribution in [-0.2, 0) is 14.4 Å². The Labute approximate surface area is 276 Å². The van der Waals surface area contributed by atoms with Crippen LogP contribution in [0, 0.1) is 17.8 Å². The Morgan fingerprint density at radius 2 is 1.49 bits per heavy atom. The Bertz CT molecular complexity index is 1170. The summed E-state index contributed by atoms with van der Waals surface area (Å²) in [5.74, 6) is -0.809. The molecule has 0 bridgehead atoms. The number of rotatable bonds is 20. The number of unbranched alkanes of at least 4 members (excludes halogenated alkanes) is 1.